The first-order valence-electron chi connectivity index (χ1n) is 12.1. The zero-order valence-electron chi connectivity index (χ0n) is 18.9. The second-order valence-electron chi connectivity index (χ2n) is 9.49. The number of thiophene rings is 1. The predicted octanol–water partition coefficient (Wildman–Crippen LogP) is 8.96. The van der Waals surface area contributed by atoms with Crippen LogP contribution in [0.25, 0.3) is 42.4 Å². The van der Waals surface area contributed by atoms with E-state index >= 15 is 0 Å². The molecule has 5 aromatic carbocycles. The second-order valence-corrected chi connectivity index (χ2v) is 10.6. The number of benzene rings is 5. The van der Waals surface area contributed by atoms with E-state index in [0.717, 1.165) is 6.42 Å². The van der Waals surface area contributed by atoms with Crippen LogP contribution in [-0.4, -0.2) is 0 Å². The summed E-state index contributed by atoms with van der Waals surface area (Å²) in [6.45, 7) is 2.30. The topological polar surface area (TPSA) is 0 Å². The van der Waals surface area contributed by atoms with Crippen LogP contribution in [0.5, 0.6) is 0 Å². The molecule has 0 fully saturated rings. The Morgan fingerprint density at radius 2 is 1.29 bits per heavy atom. The van der Waals surface area contributed by atoms with Gasteiger partial charge in [-0.05, 0) is 68.6 Å². The number of rotatable bonds is 1. The Labute approximate surface area is 203 Å². The van der Waals surface area contributed by atoms with Crippen LogP contribution in [0.2, 0.25) is 0 Å². The van der Waals surface area contributed by atoms with Crippen LogP contribution in [0.4, 0.5) is 0 Å². The molecular formula is C33H22S. The smallest absolute Gasteiger partial charge is 0.0728 e. The van der Waals surface area contributed by atoms with Gasteiger partial charge in [0.15, 0.2) is 0 Å². The Bertz CT molecular complexity index is 1800. The summed E-state index contributed by atoms with van der Waals surface area (Å²) in [5.74, 6) is 0. The quantitative estimate of drug-likeness (QED) is 0.234. The summed E-state index contributed by atoms with van der Waals surface area (Å²) in [7, 11) is 0. The third-order valence-electron chi connectivity index (χ3n) is 8.08. The Morgan fingerprint density at radius 1 is 0.588 bits per heavy atom. The zero-order chi connectivity index (χ0) is 22.4. The van der Waals surface area contributed by atoms with E-state index in [2.05, 4.69) is 110 Å². The van der Waals surface area contributed by atoms with E-state index in [-0.39, 0.29) is 5.41 Å². The first kappa shape index (κ1) is 18.7. The van der Waals surface area contributed by atoms with Crippen molar-refractivity contribution in [1.29, 1.82) is 0 Å². The molecule has 2 aliphatic rings. The van der Waals surface area contributed by atoms with Crippen LogP contribution in [0.1, 0.15) is 34.7 Å². The Balaban J connectivity index is 1.65. The lowest BCUT2D eigenvalue weighted by Gasteiger charge is -2.32. The van der Waals surface area contributed by atoms with Gasteiger partial charge in [0.25, 0.3) is 0 Å². The van der Waals surface area contributed by atoms with Crippen molar-refractivity contribution < 1.29 is 0 Å². The van der Waals surface area contributed by atoms with Gasteiger partial charge in [0.1, 0.15) is 0 Å². The van der Waals surface area contributed by atoms with Crippen LogP contribution in [-0.2, 0) is 11.8 Å². The van der Waals surface area contributed by atoms with Crippen molar-refractivity contribution in [2.45, 2.75) is 18.8 Å². The van der Waals surface area contributed by atoms with E-state index in [1.807, 2.05) is 11.3 Å². The molecule has 0 aliphatic heterocycles. The molecule has 0 bridgehead atoms. The van der Waals surface area contributed by atoms with Crippen LogP contribution in [0, 0.1) is 0 Å². The van der Waals surface area contributed by atoms with Crippen LogP contribution >= 0.6 is 11.3 Å². The molecular weight excluding hydrogens is 428 g/mol. The Morgan fingerprint density at radius 3 is 2.15 bits per heavy atom. The second kappa shape index (κ2) is 6.46. The van der Waals surface area contributed by atoms with E-state index in [4.69, 9.17) is 0 Å². The fourth-order valence-electron chi connectivity index (χ4n) is 6.88. The first-order valence-corrected chi connectivity index (χ1v) is 12.9. The summed E-state index contributed by atoms with van der Waals surface area (Å²) in [4.78, 5) is 0. The summed E-state index contributed by atoms with van der Waals surface area (Å²) < 4.78 is 2.74. The molecule has 0 amide bonds. The highest BCUT2D eigenvalue weighted by Gasteiger charge is 2.52. The van der Waals surface area contributed by atoms with Gasteiger partial charge in [0, 0.05) is 20.2 Å². The molecule has 6 aromatic rings. The standard InChI is InChI=1S/C33H22S/c1-2-20-10-9-14-22-21-11-3-6-15-25(21)33(32(20)22)26-16-7-4-12-23(26)30-27(33)18-19-29-31(30)24-13-5-8-17-28(24)34-29/h3-19H,2H2,1H3. The average Bonchev–Trinajstić information content (AvgIpc) is 3.52. The molecule has 34 heavy (non-hydrogen) atoms. The highest BCUT2D eigenvalue weighted by atomic mass is 32.1. The molecule has 8 rings (SSSR count). The Kier molecular flexibility index (Phi) is 3.56. The van der Waals surface area contributed by atoms with Crippen LogP contribution < -0.4 is 0 Å². The normalized spacial score (nSPS) is 17.2. The fourth-order valence-corrected chi connectivity index (χ4v) is 8.00. The molecule has 0 radical (unpaired) electrons. The van der Waals surface area contributed by atoms with Gasteiger partial charge in [-0.25, -0.2) is 0 Å². The first-order chi connectivity index (χ1) is 16.8. The molecule has 1 heterocycles. The number of hydrogen-bond acceptors (Lipinski definition) is 1. The van der Waals surface area contributed by atoms with Gasteiger partial charge in [-0.15, -0.1) is 11.3 Å². The van der Waals surface area contributed by atoms with Gasteiger partial charge in [-0.2, -0.15) is 0 Å². The van der Waals surface area contributed by atoms with E-state index in [1.165, 1.54) is 70.2 Å². The molecule has 0 saturated heterocycles. The van der Waals surface area contributed by atoms with Crippen molar-refractivity contribution in [3.05, 3.63) is 131 Å². The molecule has 1 atom stereocenters. The minimum absolute atomic E-state index is 0.262. The van der Waals surface area contributed by atoms with E-state index in [9.17, 15) is 0 Å². The molecule has 1 aromatic heterocycles. The minimum atomic E-state index is -0.262. The SMILES string of the molecule is CCc1cccc2c1C1(c3ccccc3-2)c2ccccc2-c2c1ccc1sc3ccccc3c21. The minimum Gasteiger partial charge on any atom is -0.135 e. The monoisotopic (exact) mass is 450 g/mol. The highest BCUT2D eigenvalue weighted by molar-refractivity contribution is 7.26. The lowest BCUT2D eigenvalue weighted by atomic mass is 9.69. The summed E-state index contributed by atoms with van der Waals surface area (Å²) in [6.07, 6.45) is 1.03. The molecule has 1 unspecified atom stereocenters. The number of hydrogen-bond donors (Lipinski definition) is 0. The van der Waals surface area contributed by atoms with Gasteiger partial charge in [0.2, 0.25) is 0 Å². The van der Waals surface area contributed by atoms with Crippen molar-refractivity contribution in [2.75, 3.05) is 0 Å². The van der Waals surface area contributed by atoms with Crippen molar-refractivity contribution in [1.82, 2.24) is 0 Å². The molecule has 1 spiro atoms. The van der Waals surface area contributed by atoms with Crippen molar-refractivity contribution in [3.8, 4) is 22.3 Å². The third kappa shape index (κ3) is 2.02. The number of aryl methyl sites for hydroxylation is 1. The molecule has 0 nitrogen and oxygen atoms in total. The lowest BCUT2D eigenvalue weighted by Crippen LogP contribution is -2.27. The summed E-state index contributed by atoms with van der Waals surface area (Å²) >= 11 is 1.91. The summed E-state index contributed by atoms with van der Waals surface area (Å²) in [5, 5.41) is 2.80. The lowest BCUT2D eigenvalue weighted by molar-refractivity contribution is 0.779. The van der Waals surface area contributed by atoms with E-state index < -0.39 is 0 Å². The van der Waals surface area contributed by atoms with Crippen molar-refractivity contribution in [2.24, 2.45) is 0 Å². The van der Waals surface area contributed by atoms with E-state index in [1.54, 1.807) is 0 Å². The van der Waals surface area contributed by atoms with Crippen molar-refractivity contribution in [3.63, 3.8) is 0 Å². The maximum atomic E-state index is 2.44. The molecule has 0 saturated carbocycles. The van der Waals surface area contributed by atoms with Gasteiger partial charge in [-0.1, -0.05) is 97.9 Å². The van der Waals surface area contributed by atoms with Gasteiger partial charge >= 0.3 is 0 Å². The summed E-state index contributed by atoms with van der Waals surface area (Å²) in [6, 6.07) is 38.9. The number of fused-ring (bicyclic) bond motifs is 14. The predicted molar refractivity (Wildman–Crippen MR) is 145 cm³/mol. The zero-order valence-corrected chi connectivity index (χ0v) is 19.7. The molecule has 2 aliphatic carbocycles. The maximum Gasteiger partial charge on any atom is 0.0728 e. The van der Waals surface area contributed by atoms with Gasteiger partial charge in [0.05, 0.1) is 5.41 Å². The Hall–Kier alpha value is -3.68. The molecule has 0 N–H and O–H groups in total. The van der Waals surface area contributed by atoms with Crippen LogP contribution in [0.15, 0.2) is 103 Å². The van der Waals surface area contributed by atoms with Crippen LogP contribution in [0.3, 0.4) is 0 Å². The van der Waals surface area contributed by atoms with Gasteiger partial charge in [-0.3, -0.25) is 0 Å². The van der Waals surface area contributed by atoms with E-state index in [0.29, 0.717) is 0 Å². The summed E-state index contributed by atoms with van der Waals surface area (Å²) in [5.41, 5.74) is 12.6. The average molecular weight is 451 g/mol. The van der Waals surface area contributed by atoms with Gasteiger partial charge < -0.3 is 0 Å². The highest BCUT2D eigenvalue weighted by Crippen LogP contribution is 2.65. The van der Waals surface area contributed by atoms with Crippen molar-refractivity contribution >= 4 is 31.5 Å². The molecule has 1 heteroatoms. The largest absolute Gasteiger partial charge is 0.135 e. The fraction of sp³-hybridized carbons (Fsp3) is 0.0909. The maximum absolute atomic E-state index is 2.44. The molecule has 160 valence electrons. The third-order valence-corrected chi connectivity index (χ3v) is 9.21.